The number of hydrogen-bond acceptors (Lipinski definition) is 3. The molecule has 0 saturated carbocycles. The highest BCUT2D eigenvalue weighted by molar-refractivity contribution is 5.69. The van der Waals surface area contributed by atoms with Gasteiger partial charge in [-0.1, -0.05) is 181 Å². The number of hydrogen-bond donors (Lipinski definition) is 1. The molecule has 1 N–H and O–H groups in total. The highest BCUT2D eigenvalue weighted by atomic mass is 16.5. The van der Waals surface area contributed by atoms with Crippen molar-refractivity contribution < 1.29 is 19.4 Å². The molecule has 0 radical (unpaired) electrons. The Balaban J connectivity index is 3.57. The first-order valence-electron chi connectivity index (χ1n) is 19.0. The summed E-state index contributed by atoms with van der Waals surface area (Å²) in [5.74, 6) is -0.620. The van der Waals surface area contributed by atoms with E-state index < -0.39 is 5.97 Å². The zero-order chi connectivity index (χ0) is 30.8. The van der Waals surface area contributed by atoms with E-state index in [1.54, 1.807) is 0 Å². The predicted octanol–water partition coefficient (Wildman–Crippen LogP) is 12.9. The lowest BCUT2D eigenvalue weighted by Crippen LogP contribution is -2.18. The maximum absolute atomic E-state index is 12.4. The molecule has 42 heavy (non-hydrogen) atoms. The van der Waals surface area contributed by atoms with Crippen LogP contribution in [0.4, 0.5) is 0 Å². The minimum Gasteiger partial charge on any atom is -0.481 e. The summed E-state index contributed by atoms with van der Waals surface area (Å²) >= 11 is 0. The molecule has 0 aromatic heterocycles. The zero-order valence-corrected chi connectivity index (χ0v) is 28.6. The molecule has 0 aliphatic carbocycles. The lowest BCUT2D eigenvalue weighted by molar-refractivity contribution is -0.150. The first-order valence-corrected chi connectivity index (χ1v) is 19.0. The van der Waals surface area contributed by atoms with E-state index in [1.165, 1.54) is 161 Å². The molecule has 0 saturated heterocycles. The SMILES string of the molecule is CCCCCCCCCCCCCC(=O)OC(CCCC)CCCCCCCCCCCCCCCCCCC(=O)O. The molecule has 0 aliphatic rings. The molecular formula is C38H74O4. The van der Waals surface area contributed by atoms with Crippen LogP contribution in [0.5, 0.6) is 0 Å². The monoisotopic (exact) mass is 595 g/mol. The van der Waals surface area contributed by atoms with Crippen molar-refractivity contribution >= 4 is 11.9 Å². The predicted molar refractivity (Wildman–Crippen MR) is 181 cm³/mol. The van der Waals surface area contributed by atoms with E-state index in [4.69, 9.17) is 9.84 Å². The Morgan fingerprint density at radius 2 is 0.738 bits per heavy atom. The van der Waals surface area contributed by atoms with Gasteiger partial charge in [0.1, 0.15) is 6.10 Å². The maximum Gasteiger partial charge on any atom is 0.306 e. The molecule has 0 heterocycles. The number of carboxylic acids is 1. The summed E-state index contributed by atoms with van der Waals surface area (Å²) in [5.41, 5.74) is 0. The van der Waals surface area contributed by atoms with Crippen LogP contribution >= 0.6 is 0 Å². The second-order valence-corrected chi connectivity index (χ2v) is 13.1. The Morgan fingerprint density at radius 1 is 0.429 bits per heavy atom. The molecule has 4 heteroatoms. The number of carbonyl (C=O) groups is 2. The van der Waals surface area contributed by atoms with Gasteiger partial charge in [-0.25, -0.2) is 0 Å². The fourth-order valence-electron chi connectivity index (χ4n) is 6.00. The van der Waals surface area contributed by atoms with Crippen LogP contribution < -0.4 is 0 Å². The average Bonchev–Trinajstić information content (AvgIpc) is 2.97. The Morgan fingerprint density at radius 3 is 1.12 bits per heavy atom. The molecular weight excluding hydrogens is 520 g/mol. The molecule has 1 atom stereocenters. The highest BCUT2D eigenvalue weighted by Crippen LogP contribution is 2.18. The van der Waals surface area contributed by atoms with E-state index in [9.17, 15) is 9.59 Å². The zero-order valence-electron chi connectivity index (χ0n) is 28.6. The van der Waals surface area contributed by atoms with E-state index in [1.807, 2.05) is 0 Å². The van der Waals surface area contributed by atoms with Crippen LogP contribution in [0.25, 0.3) is 0 Å². The summed E-state index contributed by atoms with van der Waals surface area (Å²) in [6.45, 7) is 4.50. The van der Waals surface area contributed by atoms with Crippen molar-refractivity contribution in [2.45, 2.75) is 232 Å². The first kappa shape index (κ1) is 40.9. The van der Waals surface area contributed by atoms with Crippen molar-refractivity contribution in [3.8, 4) is 0 Å². The third-order valence-electron chi connectivity index (χ3n) is 8.83. The lowest BCUT2D eigenvalue weighted by atomic mass is 10.0. The number of esters is 1. The number of ether oxygens (including phenoxy) is 1. The van der Waals surface area contributed by atoms with E-state index in [2.05, 4.69) is 13.8 Å². The van der Waals surface area contributed by atoms with Gasteiger partial charge in [0.2, 0.25) is 0 Å². The average molecular weight is 595 g/mol. The van der Waals surface area contributed by atoms with Crippen LogP contribution in [0.3, 0.4) is 0 Å². The molecule has 4 nitrogen and oxygen atoms in total. The molecule has 1 unspecified atom stereocenters. The Hall–Kier alpha value is -1.06. The third kappa shape index (κ3) is 33.4. The largest absolute Gasteiger partial charge is 0.481 e. The molecule has 0 rings (SSSR count). The Labute approximate surface area is 262 Å². The van der Waals surface area contributed by atoms with Crippen LogP contribution in [-0.4, -0.2) is 23.1 Å². The van der Waals surface area contributed by atoms with Gasteiger partial charge in [-0.05, 0) is 32.1 Å². The lowest BCUT2D eigenvalue weighted by Gasteiger charge is -2.18. The quantitative estimate of drug-likeness (QED) is 0.0585. The number of carboxylic acid groups (broad SMARTS) is 1. The Bertz CT molecular complexity index is 561. The number of unbranched alkanes of at least 4 members (excludes halogenated alkanes) is 26. The third-order valence-corrected chi connectivity index (χ3v) is 8.83. The second kappa shape index (κ2) is 34.4. The van der Waals surface area contributed by atoms with Gasteiger partial charge in [0.15, 0.2) is 0 Å². The standard InChI is InChI=1S/C38H74O4/c1-3-5-7-8-9-10-17-22-25-28-31-35-38(41)42-36(32-6-4-2)33-29-26-23-20-18-15-13-11-12-14-16-19-21-24-27-30-34-37(39)40/h36H,3-35H2,1-2H3,(H,39,40). The van der Waals surface area contributed by atoms with Crippen molar-refractivity contribution in [3.63, 3.8) is 0 Å². The molecule has 0 bridgehead atoms. The second-order valence-electron chi connectivity index (χ2n) is 13.1. The van der Waals surface area contributed by atoms with Crippen molar-refractivity contribution in [3.05, 3.63) is 0 Å². The minimum atomic E-state index is -0.662. The van der Waals surface area contributed by atoms with Crippen LogP contribution in [0.1, 0.15) is 226 Å². The molecule has 0 aromatic rings. The van der Waals surface area contributed by atoms with Gasteiger partial charge >= 0.3 is 11.9 Å². The summed E-state index contributed by atoms with van der Waals surface area (Å²) in [6, 6.07) is 0. The minimum absolute atomic E-state index is 0.0417. The van der Waals surface area contributed by atoms with Crippen LogP contribution in [-0.2, 0) is 14.3 Å². The molecule has 0 amide bonds. The summed E-state index contributed by atoms with van der Waals surface area (Å²) in [7, 11) is 0. The van der Waals surface area contributed by atoms with Crippen LogP contribution in [0, 0.1) is 0 Å². The van der Waals surface area contributed by atoms with Crippen molar-refractivity contribution in [1.29, 1.82) is 0 Å². The van der Waals surface area contributed by atoms with Crippen LogP contribution in [0.15, 0.2) is 0 Å². The van der Waals surface area contributed by atoms with Gasteiger partial charge in [0, 0.05) is 12.8 Å². The van der Waals surface area contributed by atoms with E-state index in [0.29, 0.717) is 12.8 Å². The van der Waals surface area contributed by atoms with E-state index in [-0.39, 0.29) is 12.1 Å². The molecule has 0 fully saturated rings. The van der Waals surface area contributed by atoms with Gasteiger partial charge in [0.05, 0.1) is 0 Å². The molecule has 250 valence electrons. The number of aliphatic carboxylic acids is 1. The van der Waals surface area contributed by atoms with Gasteiger partial charge in [-0.2, -0.15) is 0 Å². The van der Waals surface area contributed by atoms with Crippen molar-refractivity contribution in [2.75, 3.05) is 0 Å². The Kier molecular flexibility index (Phi) is 33.6. The summed E-state index contributed by atoms with van der Waals surface area (Å²) < 4.78 is 5.92. The highest BCUT2D eigenvalue weighted by Gasteiger charge is 2.14. The van der Waals surface area contributed by atoms with E-state index >= 15 is 0 Å². The van der Waals surface area contributed by atoms with Gasteiger partial charge in [-0.15, -0.1) is 0 Å². The normalized spacial score (nSPS) is 12.0. The summed E-state index contributed by atoms with van der Waals surface area (Å²) in [5, 5.41) is 8.65. The topological polar surface area (TPSA) is 63.6 Å². The molecule has 0 aromatic carbocycles. The van der Waals surface area contributed by atoms with E-state index in [0.717, 1.165) is 38.5 Å². The van der Waals surface area contributed by atoms with Gasteiger partial charge in [-0.3, -0.25) is 9.59 Å². The van der Waals surface area contributed by atoms with Gasteiger partial charge in [0.25, 0.3) is 0 Å². The summed E-state index contributed by atoms with van der Waals surface area (Å²) in [6.07, 6.45) is 40.3. The number of rotatable bonds is 35. The fourth-order valence-corrected chi connectivity index (χ4v) is 6.00. The van der Waals surface area contributed by atoms with Crippen molar-refractivity contribution in [2.24, 2.45) is 0 Å². The summed E-state index contributed by atoms with van der Waals surface area (Å²) in [4.78, 5) is 22.9. The first-order chi connectivity index (χ1) is 20.6. The van der Waals surface area contributed by atoms with Gasteiger partial charge < -0.3 is 9.84 Å². The smallest absolute Gasteiger partial charge is 0.306 e. The molecule has 0 aliphatic heterocycles. The van der Waals surface area contributed by atoms with Crippen molar-refractivity contribution in [1.82, 2.24) is 0 Å². The van der Waals surface area contributed by atoms with Crippen LogP contribution in [0.2, 0.25) is 0 Å². The molecule has 0 spiro atoms. The maximum atomic E-state index is 12.4. The number of carbonyl (C=O) groups excluding carboxylic acids is 1. The fraction of sp³-hybridized carbons (Fsp3) is 0.947.